The van der Waals surface area contributed by atoms with Crippen LogP contribution in [-0.4, -0.2) is 11.2 Å². The van der Waals surface area contributed by atoms with Crippen LogP contribution in [0.15, 0.2) is 48.5 Å². The average molecular weight is 252 g/mol. The highest BCUT2D eigenvalue weighted by Crippen LogP contribution is 2.42. The Morgan fingerprint density at radius 1 is 0.842 bits per heavy atom. The molecule has 2 aromatic carbocycles. The molecular formula is C18H20O. The third-order valence-corrected chi connectivity index (χ3v) is 3.72. The van der Waals surface area contributed by atoms with Crippen LogP contribution in [-0.2, 0) is 4.74 Å². The van der Waals surface area contributed by atoms with E-state index in [4.69, 9.17) is 4.74 Å². The molecule has 0 saturated carbocycles. The van der Waals surface area contributed by atoms with Crippen molar-refractivity contribution < 1.29 is 4.74 Å². The molecule has 0 saturated heterocycles. The molecule has 1 aliphatic rings. The fourth-order valence-electron chi connectivity index (χ4n) is 3.05. The van der Waals surface area contributed by atoms with Crippen LogP contribution in [0.1, 0.15) is 33.3 Å². The standard InChI is InChI=1S/C18H20O/c1-17(2)12-16(18(3,4)19-17)15-10-9-13-7-5-6-8-14(13)11-15/h5-12H,1-4H3. The van der Waals surface area contributed by atoms with Gasteiger partial charge in [-0.3, -0.25) is 0 Å². The third-order valence-electron chi connectivity index (χ3n) is 3.72. The maximum absolute atomic E-state index is 6.12. The number of rotatable bonds is 1. The van der Waals surface area contributed by atoms with Crippen LogP contribution in [0, 0.1) is 0 Å². The first kappa shape index (κ1) is 12.4. The first-order valence-electron chi connectivity index (χ1n) is 6.80. The lowest BCUT2D eigenvalue weighted by molar-refractivity contribution is -0.0443. The van der Waals surface area contributed by atoms with Gasteiger partial charge in [-0.1, -0.05) is 36.4 Å². The van der Waals surface area contributed by atoms with E-state index in [9.17, 15) is 0 Å². The minimum atomic E-state index is -0.230. The average Bonchev–Trinajstić information content (AvgIpc) is 2.57. The molecule has 19 heavy (non-hydrogen) atoms. The van der Waals surface area contributed by atoms with Crippen LogP contribution in [0.5, 0.6) is 0 Å². The maximum Gasteiger partial charge on any atom is 0.0890 e. The van der Waals surface area contributed by atoms with Gasteiger partial charge in [-0.15, -0.1) is 0 Å². The summed E-state index contributed by atoms with van der Waals surface area (Å²) in [5.74, 6) is 0. The monoisotopic (exact) mass is 252 g/mol. The summed E-state index contributed by atoms with van der Waals surface area (Å²) in [4.78, 5) is 0. The van der Waals surface area contributed by atoms with Gasteiger partial charge in [0.15, 0.2) is 0 Å². The Kier molecular flexibility index (Phi) is 2.58. The highest BCUT2D eigenvalue weighted by Gasteiger charge is 2.39. The largest absolute Gasteiger partial charge is 0.361 e. The zero-order valence-corrected chi connectivity index (χ0v) is 12.0. The summed E-state index contributed by atoms with van der Waals surface area (Å²) in [5.41, 5.74) is 2.12. The summed E-state index contributed by atoms with van der Waals surface area (Å²) >= 11 is 0. The van der Waals surface area contributed by atoms with E-state index in [0.29, 0.717) is 0 Å². The molecule has 0 N–H and O–H groups in total. The molecule has 0 radical (unpaired) electrons. The van der Waals surface area contributed by atoms with Crippen LogP contribution < -0.4 is 0 Å². The van der Waals surface area contributed by atoms with Crippen molar-refractivity contribution in [1.82, 2.24) is 0 Å². The maximum atomic E-state index is 6.12. The van der Waals surface area contributed by atoms with E-state index in [1.54, 1.807) is 0 Å². The van der Waals surface area contributed by atoms with Crippen LogP contribution in [0.25, 0.3) is 16.3 Å². The van der Waals surface area contributed by atoms with Crippen molar-refractivity contribution in [2.24, 2.45) is 0 Å². The third kappa shape index (κ3) is 2.19. The summed E-state index contributed by atoms with van der Waals surface area (Å²) in [6, 6.07) is 15.1. The van der Waals surface area contributed by atoms with Gasteiger partial charge in [-0.2, -0.15) is 0 Å². The van der Waals surface area contributed by atoms with E-state index < -0.39 is 0 Å². The molecule has 2 aromatic rings. The summed E-state index contributed by atoms with van der Waals surface area (Å²) < 4.78 is 6.12. The smallest absolute Gasteiger partial charge is 0.0890 e. The first-order chi connectivity index (χ1) is 8.87. The summed E-state index contributed by atoms with van der Waals surface area (Å²) in [7, 11) is 0. The highest BCUT2D eigenvalue weighted by molar-refractivity contribution is 5.87. The molecule has 0 spiro atoms. The number of hydrogen-bond donors (Lipinski definition) is 0. The van der Waals surface area contributed by atoms with Gasteiger partial charge in [0.05, 0.1) is 11.2 Å². The Labute approximate surface area is 114 Å². The molecule has 98 valence electrons. The lowest BCUT2D eigenvalue weighted by Crippen LogP contribution is -2.28. The second kappa shape index (κ2) is 3.94. The second-order valence-electron chi connectivity index (χ2n) is 6.34. The Hall–Kier alpha value is -1.60. The molecule has 0 fully saturated rings. The van der Waals surface area contributed by atoms with Crippen LogP contribution in [0.3, 0.4) is 0 Å². The molecule has 1 aliphatic heterocycles. The molecule has 0 aliphatic carbocycles. The van der Waals surface area contributed by atoms with Gasteiger partial charge in [0.1, 0.15) is 0 Å². The molecule has 1 heterocycles. The molecule has 0 unspecified atom stereocenters. The zero-order valence-electron chi connectivity index (χ0n) is 12.0. The Balaban J connectivity index is 2.14. The first-order valence-corrected chi connectivity index (χ1v) is 6.80. The number of fused-ring (bicyclic) bond motifs is 1. The Bertz CT molecular complexity index is 662. The number of hydrogen-bond acceptors (Lipinski definition) is 1. The van der Waals surface area contributed by atoms with Crippen LogP contribution in [0.4, 0.5) is 0 Å². The predicted molar refractivity (Wildman–Crippen MR) is 81.2 cm³/mol. The van der Waals surface area contributed by atoms with Crippen LogP contribution >= 0.6 is 0 Å². The van der Waals surface area contributed by atoms with E-state index in [2.05, 4.69) is 76.2 Å². The van der Waals surface area contributed by atoms with E-state index in [1.165, 1.54) is 21.9 Å². The normalized spacial score (nSPS) is 20.5. The molecular weight excluding hydrogens is 232 g/mol. The van der Waals surface area contributed by atoms with Crippen LogP contribution in [0.2, 0.25) is 0 Å². The molecule has 0 bridgehead atoms. The van der Waals surface area contributed by atoms with Crippen molar-refractivity contribution in [3.63, 3.8) is 0 Å². The predicted octanol–water partition coefficient (Wildman–Crippen LogP) is 4.81. The lowest BCUT2D eigenvalue weighted by Gasteiger charge is -2.27. The molecule has 1 heteroatoms. The quantitative estimate of drug-likeness (QED) is 0.707. The highest BCUT2D eigenvalue weighted by atomic mass is 16.5. The van der Waals surface area contributed by atoms with Crippen molar-refractivity contribution in [2.75, 3.05) is 0 Å². The van der Waals surface area contributed by atoms with Gasteiger partial charge in [0.2, 0.25) is 0 Å². The summed E-state index contributed by atoms with van der Waals surface area (Å²) in [6.45, 7) is 8.51. The Morgan fingerprint density at radius 2 is 1.53 bits per heavy atom. The zero-order chi connectivity index (χ0) is 13.7. The second-order valence-corrected chi connectivity index (χ2v) is 6.34. The van der Waals surface area contributed by atoms with Crippen molar-refractivity contribution in [3.8, 4) is 0 Å². The van der Waals surface area contributed by atoms with Gasteiger partial charge in [-0.05, 0) is 61.7 Å². The van der Waals surface area contributed by atoms with Gasteiger partial charge >= 0.3 is 0 Å². The molecule has 0 aromatic heterocycles. The van der Waals surface area contributed by atoms with E-state index in [1.807, 2.05) is 0 Å². The fraction of sp³-hybridized carbons (Fsp3) is 0.333. The van der Waals surface area contributed by atoms with E-state index >= 15 is 0 Å². The van der Waals surface area contributed by atoms with Gasteiger partial charge in [-0.25, -0.2) is 0 Å². The Morgan fingerprint density at radius 3 is 2.16 bits per heavy atom. The number of ether oxygens (including phenoxy) is 1. The SMILES string of the molecule is CC1(C)C=C(c2ccc3ccccc3c2)C(C)(C)O1. The molecule has 0 amide bonds. The van der Waals surface area contributed by atoms with Crippen molar-refractivity contribution in [2.45, 2.75) is 38.9 Å². The van der Waals surface area contributed by atoms with Gasteiger partial charge in [0.25, 0.3) is 0 Å². The molecule has 3 rings (SSSR count). The van der Waals surface area contributed by atoms with E-state index in [0.717, 1.165) is 0 Å². The number of benzene rings is 2. The molecule has 1 nitrogen and oxygen atoms in total. The minimum absolute atomic E-state index is 0.190. The van der Waals surface area contributed by atoms with Crippen molar-refractivity contribution in [1.29, 1.82) is 0 Å². The fourth-order valence-corrected chi connectivity index (χ4v) is 3.05. The van der Waals surface area contributed by atoms with Gasteiger partial charge < -0.3 is 4.74 Å². The van der Waals surface area contributed by atoms with Crippen molar-refractivity contribution >= 4 is 16.3 Å². The molecule has 0 atom stereocenters. The van der Waals surface area contributed by atoms with Crippen molar-refractivity contribution in [3.05, 3.63) is 54.1 Å². The van der Waals surface area contributed by atoms with E-state index in [-0.39, 0.29) is 11.2 Å². The lowest BCUT2D eigenvalue weighted by atomic mass is 9.90. The summed E-state index contributed by atoms with van der Waals surface area (Å²) in [6.07, 6.45) is 2.25. The summed E-state index contributed by atoms with van der Waals surface area (Å²) in [5, 5.41) is 2.56. The topological polar surface area (TPSA) is 9.23 Å². The minimum Gasteiger partial charge on any atom is -0.361 e. The van der Waals surface area contributed by atoms with Gasteiger partial charge in [0, 0.05) is 0 Å².